The zero-order chi connectivity index (χ0) is 20.6. The normalized spacial score (nSPS) is 10.7. The zero-order valence-corrected chi connectivity index (χ0v) is 15.9. The lowest BCUT2D eigenvalue weighted by atomic mass is 10.1. The van der Waals surface area contributed by atoms with Crippen LogP contribution in [0, 0.1) is 5.82 Å². The van der Waals surface area contributed by atoms with Gasteiger partial charge in [-0.3, -0.25) is 9.59 Å². The van der Waals surface area contributed by atoms with Gasteiger partial charge in [0.05, 0.1) is 23.0 Å². The van der Waals surface area contributed by atoms with E-state index in [1.54, 1.807) is 30.3 Å². The van der Waals surface area contributed by atoms with Gasteiger partial charge in [-0.2, -0.15) is 5.10 Å². The molecule has 146 valence electrons. The molecule has 0 aliphatic rings. The first kappa shape index (κ1) is 19.9. The molecule has 29 heavy (non-hydrogen) atoms. The van der Waals surface area contributed by atoms with Gasteiger partial charge in [-0.15, -0.1) is 0 Å². The van der Waals surface area contributed by atoms with Crippen LogP contribution in [0.4, 0.5) is 10.1 Å². The van der Waals surface area contributed by atoms with E-state index in [-0.39, 0.29) is 16.8 Å². The molecule has 0 spiro atoms. The second kappa shape index (κ2) is 9.41. The number of benzene rings is 3. The first-order valence-corrected chi connectivity index (χ1v) is 9.15. The summed E-state index contributed by atoms with van der Waals surface area (Å²) in [6, 6.07) is 19.9. The molecule has 0 aromatic heterocycles. The van der Waals surface area contributed by atoms with E-state index in [1.807, 2.05) is 24.3 Å². The predicted molar refractivity (Wildman–Crippen MR) is 112 cm³/mol. The summed E-state index contributed by atoms with van der Waals surface area (Å²) >= 11 is 0. The van der Waals surface area contributed by atoms with Crippen LogP contribution >= 0.6 is 0 Å². The average Bonchev–Trinajstić information content (AvgIpc) is 2.74. The fourth-order valence-electron chi connectivity index (χ4n) is 2.69. The molecule has 0 fully saturated rings. The first-order chi connectivity index (χ1) is 14.1. The Morgan fingerprint density at radius 1 is 0.897 bits per heavy atom. The number of nitrogens with zero attached hydrogens (tertiary/aromatic N) is 1. The Morgan fingerprint density at radius 3 is 2.24 bits per heavy atom. The van der Waals surface area contributed by atoms with Crippen LogP contribution < -0.4 is 10.7 Å². The van der Waals surface area contributed by atoms with Gasteiger partial charge < -0.3 is 5.32 Å². The molecule has 5 nitrogen and oxygen atoms in total. The van der Waals surface area contributed by atoms with Crippen molar-refractivity contribution in [3.05, 3.63) is 101 Å². The molecule has 2 N–H and O–H groups in total. The lowest BCUT2D eigenvalue weighted by molar-refractivity contribution is 0.0956. The topological polar surface area (TPSA) is 70.6 Å². The molecule has 0 unspecified atom stereocenters. The van der Waals surface area contributed by atoms with Crippen LogP contribution in [-0.4, -0.2) is 18.0 Å². The number of carbonyl (C=O) groups excluding carboxylic acids is 2. The van der Waals surface area contributed by atoms with Crippen LogP contribution in [0.2, 0.25) is 0 Å². The Labute approximate surface area is 168 Å². The van der Waals surface area contributed by atoms with E-state index in [0.29, 0.717) is 0 Å². The van der Waals surface area contributed by atoms with Gasteiger partial charge in [0.15, 0.2) is 0 Å². The highest BCUT2D eigenvalue weighted by Crippen LogP contribution is 2.17. The smallest absolute Gasteiger partial charge is 0.273 e. The monoisotopic (exact) mass is 389 g/mol. The number of halogens is 1. The van der Waals surface area contributed by atoms with E-state index < -0.39 is 17.6 Å². The van der Waals surface area contributed by atoms with Gasteiger partial charge in [0.2, 0.25) is 0 Å². The third kappa shape index (κ3) is 5.13. The Bertz CT molecular complexity index is 1050. The highest BCUT2D eigenvalue weighted by atomic mass is 19.1. The molecule has 0 bridgehead atoms. The minimum absolute atomic E-state index is 0.101. The quantitative estimate of drug-likeness (QED) is 0.484. The molecule has 3 aromatic rings. The molecule has 3 rings (SSSR count). The van der Waals surface area contributed by atoms with Crippen molar-refractivity contribution >= 4 is 23.7 Å². The van der Waals surface area contributed by atoms with Crippen LogP contribution in [0.1, 0.15) is 38.8 Å². The van der Waals surface area contributed by atoms with E-state index >= 15 is 0 Å². The number of anilines is 1. The van der Waals surface area contributed by atoms with E-state index in [0.717, 1.165) is 12.0 Å². The van der Waals surface area contributed by atoms with Gasteiger partial charge in [-0.25, -0.2) is 9.82 Å². The van der Waals surface area contributed by atoms with E-state index in [2.05, 4.69) is 22.8 Å². The number of hydrogen-bond acceptors (Lipinski definition) is 3. The summed E-state index contributed by atoms with van der Waals surface area (Å²) in [5, 5.41) is 6.55. The number of nitrogens with one attached hydrogen (secondary N) is 2. The predicted octanol–water partition coefficient (Wildman–Crippen LogP) is 4.40. The number of carbonyl (C=O) groups is 2. The van der Waals surface area contributed by atoms with Crippen LogP contribution in [-0.2, 0) is 6.42 Å². The van der Waals surface area contributed by atoms with Crippen molar-refractivity contribution in [2.75, 3.05) is 5.32 Å². The fraction of sp³-hybridized carbons (Fsp3) is 0.0870. The lowest BCUT2D eigenvalue weighted by Crippen LogP contribution is -2.21. The largest absolute Gasteiger partial charge is 0.321 e. The minimum atomic E-state index is -0.636. The molecule has 0 saturated heterocycles. The van der Waals surface area contributed by atoms with Crippen molar-refractivity contribution in [3.63, 3.8) is 0 Å². The average molecular weight is 389 g/mol. The molecule has 2 amide bonds. The Hall–Kier alpha value is -3.80. The maximum absolute atomic E-state index is 13.8. The lowest BCUT2D eigenvalue weighted by Gasteiger charge is -2.10. The van der Waals surface area contributed by atoms with Crippen LogP contribution in [0.3, 0.4) is 0 Å². The summed E-state index contributed by atoms with van der Waals surface area (Å²) in [7, 11) is 0. The number of hydrazone groups is 1. The molecule has 6 heteroatoms. The van der Waals surface area contributed by atoms with Gasteiger partial charge in [0.25, 0.3) is 11.8 Å². The fourth-order valence-corrected chi connectivity index (χ4v) is 2.69. The Balaban J connectivity index is 1.70. The van der Waals surface area contributed by atoms with Gasteiger partial charge in [-0.05, 0) is 41.8 Å². The van der Waals surface area contributed by atoms with Crippen LogP contribution in [0.25, 0.3) is 0 Å². The van der Waals surface area contributed by atoms with Gasteiger partial charge >= 0.3 is 0 Å². The van der Waals surface area contributed by atoms with Crippen molar-refractivity contribution in [1.29, 1.82) is 0 Å². The number of hydrogen-bond donors (Lipinski definition) is 2. The van der Waals surface area contributed by atoms with Crippen molar-refractivity contribution < 1.29 is 14.0 Å². The second-order valence-electron chi connectivity index (χ2n) is 6.27. The Morgan fingerprint density at radius 2 is 1.55 bits per heavy atom. The van der Waals surface area contributed by atoms with Crippen molar-refractivity contribution in [2.24, 2.45) is 5.10 Å². The third-order valence-corrected chi connectivity index (χ3v) is 4.31. The molecule has 0 saturated carbocycles. The summed E-state index contributed by atoms with van der Waals surface area (Å²) in [5.74, 6) is -1.76. The van der Waals surface area contributed by atoms with Crippen LogP contribution in [0.5, 0.6) is 0 Å². The minimum Gasteiger partial charge on any atom is -0.321 e. The van der Waals surface area contributed by atoms with Crippen LogP contribution in [0.15, 0.2) is 77.9 Å². The zero-order valence-electron chi connectivity index (χ0n) is 15.9. The molecule has 0 atom stereocenters. The number of amides is 2. The summed E-state index contributed by atoms with van der Waals surface area (Å²) in [6.45, 7) is 2.08. The number of rotatable bonds is 6. The second-order valence-corrected chi connectivity index (χ2v) is 6.27. The molecule has 0 aliphatic carbocycles. The molecule has 0 radical (unpaired) electrons. The van der Waals surface area contributed by atoms with Gasteiger partial charge in [0, 0.05) is 0 Å². The molecular formula is C23H20FN3O2. The highest BCUT2D eigenvalue weighted by Gasteiger charge is 2.15. The standard InChI is InChI=1S/C23H20FN3O2/c1-2-16-11-13-17(14-12-16)15-25-27-23(29)19-8-4-6-10-21(19)26-22(28)18-7-3-5-9-20(18)24/h3-15H,2H2,1H3,(H,26,28)(H,27,29)/b25-15-. The molecular weight excluding hydrogens is 369 g/mol. The van der Waals surface area contributed by atoms with Crippen molar-refractivity contribution in [2.45, 2.75) is 13.3 Å². The summed E-state index contributed by atoms with van der Waals surface area (Å²) < 4.78 is 13.8. The Kier molecular flexibility index (Phi) is 6.47. The maximum atomic E-state index is 13.8. The molecule has 3 aromatic carbocycles. The first-order valence-electron chi connectivity index (χ1n) is 9.15. The van der Waals surface area contributed by atoms with Crippen molar-refractivity contribution in [3.8, 4) is 0 Å². The highest BCUT2D eigenvalue weighted by molar-refractivity contribution is 6.09. The number of aryl methyl sites for hydroxylation is 1. The summed E-state index contributed by atoms with van der Waals surface area (Å²) in [5.41, 5.74) is 4.89. The summed E-state index contributed by atoms with van der Waals surface area (Å²) in [6.07, 6.45) is 2.49. The van der Waals surface area contributed by atoms with Gasteiger partial charge in [0.1, 0.15) is 5.82 Å². The van der Waals surface area contributed by atoms with E-state index in [4.69, 9.17) is 0 Å². The van der Waals surface area contributed by atoms with E-state index in [9.17, 15) is 14.0 Å². The van der Waals surface area contributed by atoms with Crippen molar-refractivity contribution in [1.82, 2.24) is 5.43 Å². The number of para-hydroxylation sites is 1. The summed E-state index contributed by atoms with van der Waals surface area (Å²) in [4.78, 5) is 24.8. The molecule has 0 aliphatic heterocycles. The molecule has 0 heterocycles. The maximum Gasteiger partial charge on any atom is 0.273 e. The SMILES string of the molecule is CCc1ccc(/C=N\NC(=O)c2ccccc2NC(=O)c2ccccc2F)cc1. The third-order valence-electron chi connectivity index (χ3n) is 4.31. The van der Waals surface area contributed by atoms with E-state index in [1.165, 1.54) is 30.0 Å². The van der Waals surface area contributed by atoms with Gasteiger partial charge in [-0.1, -0.05) is 55.5 Å².